The number of esters is 1. The number of carbonyl (C=O) groups is 1. The number of ether oxygens (including phenoxy) is 1. The van der Waals surface area contributed by atoms with Gasteiger partial charge in [-0.15, -0.1) is 0 Å². The molecule has 3 unspecified atom stereocenters. The molecule has 0 bridgehead atoms. The fraction of sp³-hybridized carbons (Fsp3) is 0.900. The molecule has 1 fully saturated rings. The summed E-state index contributed by atoms with van der Waals surface area (Å²) in [5.41, 5.74) is 5.69. The molecule has 1 saturated carbocycles. The summed E-state index contributed by atoms with van der Waals surface area (Å²) in [5, 5.41) is 0. The van der Waals surface area contributed by atoms with E-state index in [1.807, 2.05) is 0 Å². The molecule has 1 aliphatic carbocycles. The molecule has 0 amide bonds. The molecule has 0 aliphatic heterocycles. The van der Waals surface area contributed by atoms with Gasteiger partial charge in [-0.3, -0.25) is 4.79 Å². The lowest BCUT2D eigenvalue weighted by molar-refractivity contribution is -0.144. The molecule has 0 saturated heterocycles. The van der Waals surface area contributed by atoms with Crippen molar-refractivity contribution in [2.24, 2.45) is 17.6 Å². The van der Waals surface area contributed by atoms with Crippen LogP contribution in [-0.2, 0) is 9.53 Å². The molecule has 13 heavy (non-hydrogen) atoms. The maximum atomic E-state index is 11.2. The first kappa shape index (κ1) is 10.5. The highest BCUT2D eigenvalue weighted by atomic mass is 16.5. The molecule has 2 N–H and O–H groups in total. The summed E-state index contributed by atoms with van der Waals surface area (Å²) >= 11 is 0. The summed E-state index contributed by atoms with van der Waals surface area (Å²) in [6.45, 7) is 4.41. The van der Waals surface area contributed by atoms with Crippen molar-refractivity contribution in [3.05, 3.63) is 0 Å². The molecule has 1 aliphatic rings. The molecule has 0 aromatic rings. The van der Waals surface area contributed by atoms with E-state index < -0.39 is 6.04 Å². The summed E-state index contributed by atoms with van der Waals surface area (Å²) in [6.07, 6.45) is 3.25. The van der Waals surface area contributed by atoms with E-state index in [-0.39, 0.29) is 5.97 Å². The third kappa shape index (κ3) is 2.99. The monoisotopic (exact) mass is 185 g/mol. The van der Waals surface area contributed by atoms with Crippen LogP contribution in [0.15, 0.2) is 0 Å². The van der Waals surface area contributed by atoms with E-state index in [0.717, 1.165) is 12.3 Å². The van der Waals surface area contributed by atoms with Gasteiger partial charge in [0.1, 0.15) is 6.04 Å². The molecule has 0 spiro atoms. The topological polar surface area (TPSA) is 52.3 Å². The Morgan fingerprint density at radius 3 is 2.69 bits per heavy atom. The SMILES string of the molecule is CCOC(=O)C(N)CC1CC1CC. The highest BCUT2D eigenvalue weighted by Gasteiger charge is 2.37. The van der Waals surface area contributed by atoms with E-state index in [9.17, 15) is 4.79 Å². The Kier molecular flexibility index (Phi) is 3.72. The van der Waals surface area contributed by atoms with Crippen LogP contribution in [0, 0.1) is 11.8 Å². The van der Waals surface area contributed by atoms with Crippen LogP contribution in [0.1, 0.15) is 33.1 Å². The third-order valence-corrected chi connectivity index (χ3v) is 2.74. The minimum absolute atomic E-state index is 0.246. The predicted molar refractivity (Wildman–Crippen MR) is 51.1 cm³/mol. The molecule has 3 heteroatoms. The van der Waals surface area contributed by atoms with E-state index in [2.05, 4.69) is 6.92 Å². The van der Waals surface area contributed by atoms with Gasteiger partial charge in [-0.1, -0.05) is 13.3 Å². The molecule has 76 valence electrons. The van der Waals surface area contributed by atoms with Gasteiger partial charge in [-0.2, -0.15) is 0 Å². The van der Waals surface area contributed by atoms with Crippen molar-refractivity contribution in [3.8, 4) is 0 Å². The van der Waals surface area contributed by atoms with Crippen LogP contribution >= 0.6 is 0 Å². The van der Waals surface area contributed by atoms with Gasteiger partial charge >= 0.3 is 5.97 Å². The maximum Gasteiger partial charge on any atom is 0.322 e. The van der Waals surface area contributed by atoms with Gasteiger partial charge in [-0.25, -0.2) is 0 Å². The zero-order chi connectivity index (χ0) is 9.84. The fourth-order valence-corrected chi connectivity index (χ4v) is 1.77. The number of hydrogen-bond acceptors (Lipinski definition) is 3. The first-order chi connectivity index (χ1) is 6.19. The van der Waals surface area contributed by atoms with Crippen molar-refractivity contribution in [1.29, 1.82) is 0 Å². The Balaban J connectivity index is 2.18. The molecule has 3 atom stereocenters. The Hall–Kier alpha value is -0.570. The molecule has 3 nitrogen and oxygen atoms in total. The molecule has 1 rings (SSSR count). The van der Waals surface area contributed by atoms with Crippen molar-refractivity contribution in [2.45, 2.75) is 39.2 Å². The van der Waals surface area contributed by atoms with Gasteiger partial charge in [0.2, 0.25) is 0 Å². The summed E-state index contributed by atoms with van der Waals surface area (Å²) in [6, 6.07) is -0.401. The Labute approximate surface area is 79.6 Å². The quantitative estimate of drug-likeness (QED) is 0.657. The van der Waals surface area contributed by atoms with Gasteiger partial charge in [0.15, 0.2) is 0 Å². The lowest BCUT2D eigenvalue weighted by Gasteiger charge is -2.09. The van der Waals surface area contributed by atoms with Gasteiger partial charge in [0, 0.05) is 0 Å². The van der Waals surface area contributed by atoms with Crippen LogP contribution in [0.3, 0.4) is 0 Å². The van der Waals surface area contributed by atoms with Crippen molar-refractivity contribution in [2.75, 3.05) is 6.61 Å². The largest absolute Gasteiger partial charge is 0.465 e. The average molecular weight is 185 g/mol. The highest BCUT2D eigenvalue weighted by molar-refractivity contribution is 5.75. The summed E-state index contributed by atoms with van der Waals surface area (Å²) in [5.74, 6) is 1.23. The van der Waals surface area contributed by atoms with Crippen molar-refractivity contribution < 1.29 is 9.53 Å². The highest BCUT2D eigenvalue weighted by Crippen LogP contribution is 2.43. The summed E-state index contributed by atoms with van der Waals surface area (Å²) in [4.78, 5) is 11.2. The van der Waals surface area contributed by atoms with Crippen LogP contribution in [0.2, 0.25) is 0 Å². The number of rotatable bonds is 5. The molecular weight excluding hydrogens is 166 g/mol. The second kappa shape index (κ2) is 4.61. The van der Waals surface area contributed by atoms with Crippen LogP contribution in [0.4, 0.5) is 0 Å². The first-order valence-electron chi connectivity index (χ1n) is 5.11. The molecule has 0 radical (unpaired) electrons. The first-order valence-corrected chi connectivity index (χ1v) is 5.11. The molecule has 0 heterocycles. The van der Waals surface area contributed by atoms with E-state index in [1.54, 1.807) is 6.92 Å². The van der Waals surface area contributed by atoms with E-state index in [1.165, 1.54) is 12.8 Å². The van der Waals surface area contributed by atoms with Crippen molar-refractivity contribution >= 4 is 5.97 Å². The van der Waals surface area contributed by atoms with E-state index in [4.69, 9.17) is 10.5 Å². The van der Waals surface area contributed by atoms with Crippen molar-refractivity contribution in [3.63, 3.8) is 0 Å². The zero-order valence-corrected chi connectivity index (χ0v) is 8.45. The van der Waals surface area contributed by atoms with Crippen molar-refractivity contribution in [1.82, 2.24) is 0 Å². The van der Waals surface area contributed by atoms with Crippen LogP contribution in [0.25, 0.3) is 0 Å². The predicted octanol–water partition coefficient (Wildman–Crippen LogP) is 1.31. The Morgan fingerprint density at radius 1 is 1.54 bits per heavy atom. The standard InChI is InChI=1S/C10H19NO2/c1-3-7-5-8(7)6-9(11)10(12)13-4-2/h7-9H,3-6,11H2,1-2H3. The van der Waals surface area contributed by atoms with Gasteiger partial charge in [0.25, 0.3) is 0 Å². The molecule has 0 aromatic heterocycles. The fourth-order valence-electron chi connectivity index (χ4n) is 1.77. The molecule has 0 aromatic carbocycles. The summed E-state index contributed by atoms with van der Waals surface area (Å²) < 4.78 is 4.84. The normalized spacial score (nSPS) is 28.2. The van der Waals surface area contributed by atoms with Gasteiger partial charge < -0.3 is 10.5 Å². The lowest BCUT2D eigenvalue weighted by Crippen LogP contribution is -2.32. The number of hydrogen-bond donors (Lipinski definition) is 1. The Bertz CT molecular complexity index is 182. The van der Waals surface area contributed by atoms with E-state index >= 15 is 0 Å². The molecular formula is C10H19NO2. The summed E-state index contributed by atoms with van der Waals surface area (Å²) in [7, 11) is 0. The zero-order valence-electron chi connectivity index (χ0n) is 8.45. The minimum atomic E-state index is -0.401. The Morgan fingerprint density at radius 2 is 2.23 bits per heavy atom. The number of nitrogens with two attached hydrogens (primary N) is 1. The lowest BCUT2D eigenvalue weighted by atomic mass is 10.1. The third-order valence-electron chi connectivity index (χ3n) is 2.74. The maximum absolute atomic E-state index is 11.2. The van der Waals surface area contributed by atoms with Crippen LogP contribution in [-0.4, -0.2) is 18.6 Å². The second-order valence-corrected chi connectivity index (χ2v) is 3.76. The average Bonchev–Trinajstić information content (AvgIpc) is 2.83. The second-order valence-electron chi connectivity index (χ2n) is 3.76. The van der Waals surface area contributed by atoms with Gasteiger partial charge in [0.05, 0.1) is 6.61 Å². The smallest absolute Gasteiger partial charge is 0.322 e. The van der Waals surface area contributed by atoms with E-state index in [0.29, 0.717) is 12.5 Å². The minimum Gasteiger partial charge on any atom is -0.465 e. The van der Waals surface area contributed by atoms with Gasteiger partial charge in [-0.05, 0) is 31.6 Å². The number of carbonyl (C=O) groups excluding carboxylic acids is 1. The van der Waals surface area contributed by atoms with Crippen LogP contribution < -0.4 is 5.73 Å². The van der Waals surface area contributed by atoms with Crippen LogP contribution in [0.5, 0.6) is 0 Å².